The first kappa shape index (κ1) is 16.4. The maximum absolute atomic E-state index is 11.8. The Hall–Kier alpha value is -1.95. The van der Waals surface area contributed by atoms with Crippen molar-refractivity contribution in [2.24, 2.45) is 0 Å². The van der Waals surface area contributed by atoms with Gasteiger partial charge in [-0.2, -0.15) is 0 Å². The molecule has 6 nitrogen and oxygen atoms in total. The van der Waals surface area contributed by atoms with Crippen molar-refractivity contribution in [2.45, 2.75) is 19.8 Å². The maximum atomic E-state index is 11.8. The summed E-state index contributed by atoms with van der Waals surface area (Å²) in [5.41, 5.74) is 0.541. The van der Waals surface area contributed by atoms with Gasteiger partial charge in [0.2, 0.25) is 5.91 Å². The number of amides is 3. The third-order valence-electron chi connectivity index (χ3n) is 3.35. The highest BCUT2D eigenvalue weighted by molar-refractivity contribution is 6.32. The largest absolute Gasteiger partial charge is 0.492 e. The predicted octanol–water partition coefficient (Wildman–Crippen LogP) is 2.48. The number of hydrogen-bond donors (Lipinski definition) is 2. The van der Waals surface area contributed by atoms with Crippen LogP contribution in [-0.4, -0.2) is 43.1 Å². The zero-order valence-corrected chi connectivity index (χ0v) is 13.3. The molecular weight excluding hydrogens is 306 g/mol. The first-order valence-electron chi connectivity index (χ1n) is 7.35. The van der Waals surface area contributed by atoms with Gasteiger partial charge in [-0.15, -0.1) is 0 Å². The lowest BCUT2D eigenvalue weighted by atomic mass is 10.3. The van der Waals surface area contributed by atoms with Gasteiger partial charge in [-0.25, -0.2) is 4.79 Å². The number of ether oxygens (including phenoxy) is 1. The number of urea groups is 1. The van der Waals surface area contributed by atoms with E-state index in [-0.39, 0.29) is 12.5 Å². The Morgan fingerprint density at radius 2 is 2.05 bits per heavy atom. The molecule has 0 radical (unpaired) electrons. The molecule has 1 saturated heterocycles. The van der Waals surface area contributed by atoms with Gasteiger partial charge in [-0.1, -0.05) is 11.6 Å². The van der Waals surface area contributed by atoms with E-state index >= 15 is 0 Å². The van der Waals surface area contributed by atoms with Crippen molar-refractivity contribution in [1.82, 2.24) is 10.2 Å². The van der Waals surface area contributed by atoms with Gasteiger partial charge in [0.15, 0.2) is 0 Å². The average molecular weight is 326 g/mol. The normalized spacial score (nSPS) is 13.8. The monoisotopic (exact) mass is 325 g/mol. The van der Waals surface area contributed by atoms with Crippen LogP contribution in [0.3, 0.4) is 0 Å². The Kier molecular flexibility index (Phi) is 5.89. The number of halogens is 1. The van der Waals surface area contributed by atoms with Gasteiger partial charge in [0.1, 0.15) is 5.75 Å². The third kappa shape index (κ3) is 4.53. The molecule has 3 amide bonds. The van der Waals surface area contributed by atoms with Crippen molar-refractivity contribution < 1.29 is 14.3 Å². The summed E-state index contributed by atoms with van der Waals surface area (Å²) in [5, 5.41) is 5.61. The molecule has 2 N–H and O–H groups in total. The molecule has 1 aliphatic heterocycles. The maximum Gasteiger partial charge on any atom is 0.319 e. The van der Waals surface area contributed by atoms with Crippen molar-refractivity contribution >= 4 is 29.2 Å². The molecular formula is C15H20ClN3O3. The molecule has 7 heteroatoms. The van der Waals surface area contributed by atoms with Gasteiger partial charge in [0, 0.05) is 18.8 Å². The van der Waals surface area contributed by atoms with Gasteiger partial charge in [-0.3, -0.25) is 4.79 Å². The van der Waals surface area contributed by atoms with Gasteiger partial charge in [-0.05, 0) is 38.0 Å². The Bertz CT molecular complexity index is 545. The summed E-state index contributed by atoms with van der Waals surface area (Å²) >= 11 is 6.05. The van der Waals surface area contributed by atoms with Crippen LogP contribution in [0.25, 0.3) is 0 Å². The van der Waals surface area contributed by atoms with Crippen LogP contribution >= 0.6 is 11.6 Å². The van der Waals surface area contributed by atoms with Gasteiger partial charge in [0.05, 0.1) is 18.2 Å². The standard InChI is InChI=1S/C15H20ClN3O3/c1-2-22-13-6-5-11(9-12(13)16)18-15(21)17-10-14(20)19-7-3-4-8-19/h5-6,9H,2-4,7-8,10H2,1H3,(H2,17,18,21). The van der Waals surface area contributed by atoms with Crippen LogP contribution in [0.5, 0.6) is 5.75 Å². The van der Waals surface area contributed by atoms with Crippen LogP contribution in [-0.2, 0) is 4.79 Å². The summed E-state index contributed by atoms with van der Waals surface area (Å²) in [4.78, 5) is 25.4. The van der Waals surface area contributed by atoms with Gasteiger partial charge in [0.25, 0.3) is 0 Å². The van der Waals surface area contributed by atoms with E-state index < -0.39 is 6.03 Å². The molecule has 120 valence electrons. The lowest BCUT2D eigenvalue weighted by Gasteiger charge is -2.15. The summed E-state index contributed by atoms with van der Waals surface area (Å²) in [7, 11) is 0. The Morgan fingerprint density at radius 3 is 2.68 bits per heavy atom. The first-order valence-corrected chi connectivity index (χ1v) is 7.73. The number of anilines is 1. The lowest BCUT2D eigenvalue weighted by Crippen LogP contribution is -2.40. The molecule has 1 aliphatic rings. The summed E-state index contributed by atoms with van der Waals surface area (Å²) < 4.78 is 5.32. The van der Waals surface area contributed by atoms with Crippen molar-refractivity contribution in [3.8, 4) is 5.75 Å². The van der Waals surface area contributed by atoms with Crippen LogP contribution in [0.1, 0.15) is 19.8 Å². The molecule has 0 spiro atoms. The topological polar surface area (TPSA) is 70.7 Å². The van der Waals surface area contributed by atoms with E-state index in [1.165, 1.54) is 0 Å². The number of nitrogens with one attached hydrogen (secondary N) is 2. The third-order valence-corrected chi connectivity index (χ3v) is 3.64. The Morgan fingerprint density at radius 1 is 1.32 bits per heavy atom. The van der Waals surface area contributed by atoms with E-state index in [2.05, 4.69) is 10.6 Å². The molecule has 0 atom stereocenters. The number of likely N-dealkylation sites (tertiary alicyclic amines) is 1. The first-order chi connectivity index (χ1) is 10.6. The van der Waals surface area contributed by atoms with Crippen LogP contribution in [0.4, 0.5) is 10.5 Å². The minimum Gasteiger partial charge on any atom is -0.492 e. The summed E-state index contributed by atoms with van der Waals surface area (Å²) in [6.45, 7) is 3.93. The number of rotatable bonds is 5. The molecule has 0 unspecified atom stereocenters. The fourth-order valence-electron chi connectivity index (χ4n) is 2.26. The van der Waals surface area contributed by atoms with E-state index in [4.69, 9.17) is 16.3 Å². The summed E-state index contributed by atoms with van der Waals surface area (Å²) in [6.07, 6.45) is 2.06. The van der Waals surface area contributed by atoms with Crippen molar-refractivity contribution in [2.75, 3.05) is 31.6 Å². The number of carbonyl (C=O) groups excluding carboxylic acids is 2. The van der Waals surface area contributed by atoms with E-state index in [1.807, 2.05) is 6.92 Å². The van der Waals surface area contributed by atoms with Crippen molar-refractivity contribution in [1.29, 1.82) is 0 Å². The molecule has 0 aliphatic carbocycles. The van der Waals surface area contributed by atoms with Crippen LogP contribution in [0, 0.1) is 0 Å². The molecule has 1 aromatic rings. The minimum absolute atomic E-state index is 0.00338. The molecule has 0 saturated carbocycles. The fraction of sp³-hybridized carbons (Fsp3) is 0.467. The SMILES string of the molecule is CCOc1ccc(NC(=O)NCC(=O)N2CCCC2)cc1Cl. The van der Waals surface area contributed by atoms with Gasteiger partial charge >= 0.3 is 6.03 Å². The number of benzene rings is 1. The summed E-state index contributed by atoms with van der Waals surface area (Å²) in [5.74, 6) is 0.511. The van der Waals surface area contributed by atoms with E-state index in [9.17, 15) is 9.59 Å². The van der Waals surface area contributed by atoms with Gasteiger partial charge < -0.3 is 20.3 Å². The predicted molar refractivity (Wildman–Crippen MR) is 85.5 cm³/mol. The van der Waals surface area contributed by atoms with Crippen LogP contribution < -0.4 is 15.4 Å². The highest BCUT2D eigenvalue weighted by Gasteiger charge is 2.18. The second-order valence-electron chi connectivity index (χ2n) is 4.97. The molecule has 1 aromatic carbocycles. The fourth-order valence-corrected chi connectivity index (χ4v) is 2.50. The van der Waals surface area contributed by atoms with E-state index in [1.54, 1.807) is 23.1 Å². The smallest absolute Gasteiger partial charge is 0.319 e. The van der Waals surface area contributed by atoms with Crippen LogP contribution in [0.15, 0.2) is 18.2 Å². The zero-order chi connectivity index (χ0) is 15.9. The van der Waals surface area contributed by atoms with E-state index in [0.717, 1.165) is 25.9 Å². The van der Waals surface area contributed by atoms with Crippen molar-refractivity contribution in [3.63, 3.8) is 0 Å². The highest BCUT2D eigenvalue weighted by Crippen LogP contribution is 2.27. The second-order valence-corrected chi connectivity index (χ2v) is 5.38. The highest BCUT2D eigenvalue weighted by atomic mass is 35.5. The van der Waals surface area contributed by atoms with E-state index in [0.29, 0.717) is 23.1 Å². The molecule has 1 heterocycles. The lowest BCUT2D eigenvalue weighted by molar-refractivity contribution is -0.128. The molecule has 2 rings (SSSR count). The Labute approximate surface area is 134 Å². The molecule has 0 bridgehead atoms. The van der Waals surface area contributed by atoms with Crippen molar-refractivity contribution in [3.05, 3.63) is 23.2 Å². The quantitative estimate of drug-likeness (QED) is 0.873. The minimum atomic E-state index is -0.437. The number of nitrogens with zero attached hydrogens (tertiary/aromatic N) is 1. The average Bonchev–Trinajstić information content (AvgIpc) is 3.02. The zero-order valence-electron chi connectivity index (χ0n) is 12.5. The molecule has 0 aromatic heterocycles. The number of carbonyl (C=O) groups is 2. The second kappa shape index (κ2) is 7.89. The summed E-state index contributed by atoms with van der Waals surface area (Å²) in [6, 6.07) is 4.55. The molecule has 1 fully saturated rings. The van der Waals surface area contributed by atoms with Crippen LogP contribution in [0.2, 0.25) is 5.02 Å². The molecule has 22 heavy (non-hydrogen) atoms. The Balaban J connectivity index is 1.81. The number of hydrogen-bond acceptors (Lipinski definition) is 3.